The molecule has 3 aliphatic heterocycles. The summed E-state index contributed by atoms with van der Waals surface area (Å²) in [7, 11) is -3.39. The summed E-state index contributed by atoms with van der Waals surface area (Å²) in [5.41, 5.74) is 0.291. The van der Waals surface area contributed by atoms with Gasteiger partial charge in [-0.25, -0.2) is 13.2 Å². The third-order valence-electron chi connectivity index (χ3n) is 5.99. The molecule has 35 heavy (non-hydrogen) atoms. The van der Waals surface area contributed by atoms with E-state index in [-0.39, 0.29) is 52.9 Å². The molecule has 0 bridgehead atoms. The van der Waals surface area contributed by atoms with E-state index in [2.05, 4.69) is 0 Å². The summed E-state index contributed by atoms with van der Waals surface area (Å²) in [6, 6.07) is 6.32. The first kappa shape index (κ1) is 28.0. The third-order valence-corrected chi connectivity index (χ3v) is 7.12. The summed E-state index contributed by atoms with van der Waals surface area (Å²) in [5, 5.41) is 21.9. The topological polar surface area (TPSA) is 141 Å². The van der Waals surface area contributed by atoms with E-state index in [0.717, 1.165) is 6.26 Å². The number of aliphatic hydroxyl groups excluding tert-OH is 1. The van der Waals surface area contributed by atoms with E-state index in [1.807, 2.05) is 27.7 Å². The molecular formula is C23H27NaO10S. The van der Waals surface area contributed by atoms with E-state index in [1.165, 1.54) is 12.1 Å². The van der Waals surface area contributed by atoms with E-state index in [0.29, 0.717) is 17.6 Å². The van der Waals surface area contributed by atoms with Gasteiger partial charge in [-0.05, 0) is 50.6 Å². The van der Waals surface area contributed by atoms with Gasteiger partial charge < -0.3 is 33.9 Å². The van der Waals surface area contributed by atoms with E-state index in [4.69, 9.17) is 23.7 Å². The number of carbonyl (C=O) groups is 1. The molecule has 1 N–H and O–H groups in total. The van der Waals surface area contributed by atoms with Gasteiger partial charge in [0.15, 0.2) is 21.4 Å². The fourth-order valence-corrected chi connectivity index (χ4v) is 4.82. The molecule has 3 heterocycles. The van der Waals surface area contributed by atoms with Crippen LogP contribution in [0.25, 0.3) is 5.57 Å². The number of aliphatic hydroxyl groups is 1. The Labute approximate surface area is 226 Å². The maximum atomic E-state index is 12.2. The minimum Gasteiger partial charge on any atom is -0.870 e. The number of rotatable bonds is 6. The second-order valence-electron chi connectivity index (χ2n) is 8.92. The Balaban J connectivity index is 0.00000342. The van der Waals surface area contributed by atoms with E-state index < -0.39 is 51.1 Å². The van der Waals surface area contributed by atoms with E-state index in [9.17, 15) is 23.4 Å². The molecule has 1 aromatic carbocycles. The maximum absolute atomic E-state index is 12.2. The maximum Gasteiger partial charge on any atom is 1.00 e. The minimum atomic E-state index is -3.39. The second kappa shape index (κ2) is 9.70. The van der Waals surface area contributed by atoms with Crippen LogP contribution in [0, 0.1) is 0 Å². The van der Waals surface area contributed by atoms with Crippen molar-refractivity contribution in [2.75, 3.05) is 12.9 Å². The van der Waals surface area contributed by atoms with E-state index >= 15 is 0 Å². The van der Waals surface area contributed by atoms with Crippen molar-refractivity contribution in [2.45, 2.75) is 68.9 Å². The Morgan fingerprint density at radius 1 is 1.26 bits per heavy atom. The summed E-state index contributed by atoms with van der Waals surface area (Å²) in [6.07, 6.45) is -1.12. The number of carbonyl (C=O) groups excluding carboxylic acids is 1. The number of esters is 1. The zero-order valence-corrected chi connectivity index (χ0v) is 23.3. The molecule has 3 unspecified atom stereocenters. The molecule has 186 valence electrons. The van der Waals surface area contributed by atoms with Gasteiger partial charge in [-0.1, -0.05) is 19.1 Å². The summed E-state index contributed by atoms with van der Waals surface area (Å²) in [5.74, 6) is -4.59. The smallest absolute Gasteiger partial charge is 0.870 e. The summed E-state index contributed by atoms with van der Waals surface area (Å²) < 4.78 is 53.2. The van der Waals surface area contributed by atoms with Gasteiger partial charge in [-0.2, -0.15) is 0 Å². The molecule has 0 aromatic heterocycles. The van der Waals surface area contributed by atoms with Crippen molar-refractivity contribution in [3.05, 3.63) is 47.1 Å². The van der Waals surface area contributed by atoms with Gasteiger partial charge in [0.25, 0.3) is 0 Å². The normalized spacial score (nSPS) is 30.9. The Bertz CT molecular complexity index is 1170. The number of cyclic esters (lactones) is 1. The van der Waals surface area contributed by atoms with Crippen molar-refractivity contribution in [2.24, 2.45) is 0 Å². The molecule has 1 saturated heterocycles. The predicted octanol–water partition coefficient (Wildman–Crippen LogP) is -1.45. The SMILES string of the molecule is CC[C@]1(C)OC2(OCC(C3OC(=O)C(O)=C3[O-])O2)C(OC(C)C)=C1c1ccc(S(C)(=O)=O)cc1.[Na+]. The molecule has 10 nitrogen and oxygen atoms in total. The van der Waals surface area contributed by atoms with Gasteiger partial charge in [0, 0.05) is 11.8 Å². The Morgan fingerprint density at radius 3 is 2.37 bits per heavy atom. The van der Waals surface area contributed by atoms with Crippen molar-refractivity contribution >= 4 is 21.4 Å². The van der Waals surface area contributed by atoms with Gasteiger partial charge in [-0.15, -0.1) is 0 Å². The number of benzene rings is 1. The largest absolute Gasteiger partial charge is 1.00 e. The molecule has 0 amide bonds. The Hall–Kier alpha value is -1.60. The summed E-state index contributed by atoms with van der Waals surface area (Å²) >= 11 is 0. The van der Waals surface area contributed by atoms with Crippen LogP contribution in [0.3, 0.4) is 0 Å². The molecule has 4 rings (SSSR count). The monoisotopic (exact) mass is 518 g/mol. The van der Waals surface area contributed by atoms with Crippen molar-refractivity contribution in [1.29, 1.82) is 0 Å². The number of hydrogen-bond donors (Lipinski definition) is 1. The van der Waals surface area contributed by atoms with Crippen molar-refractivity contribution in [3.63, 3.8) is 0 Å². The third kappa shape index (κ3) is 4.87. The van der Waals surface area contributed by atoms with Crippen molar-refractivity contribution in [3.8, 4) is 0 Å². The van der Waals surface area contributed by atoms with Crippen LogP contribution in [-0.2, 0) is 38.3 Å². The summed E-state index contributed by atoms with van der Waals surface area (Å²) in [4.78, 5) is 11.8. The first-order valence-electron chi connectivity index (χ1n) is 10.9. The predicted molar refractivity (Wildman–Crippen MR) is 116 cm³/mol. The zero-order chi connectivity index (χ0) is 25.1. The quantitative estimate of drug-likeness (QED) is 0.351. The first-order chi connectivity index (χ1) is 15.8. The van der Waals surface area contributed by atoms with Crippen molar-refractivity contribution in [1.82, 2.24) is 0 Å². The number of hydrogen-bond acceptors (Lipinski definition) is 10. The first-order valence-corrected chi connectivity index (χ1v) is 12.8. The molecule has 1 aromatic rings. The molecule has 4 atom stereocenters. The second-order valence-corrected chi connectivity index (χ2v) is 10.9. The fraction of sp³-hybridized carbons (Fsp3) is 0.522. The van der Waals surface area contributed by atoms with Gasteiger partial charge in [0.1, 0.15) is 17.8 Å². The molecule has 3 aliphatic rings. The fourth-order valence-electron chi connectivity index (χ4n) is 4.19. The number of sulfone groups is 1. The molecular weight excluding hydrogens is 491 g/mol. The van der Waals surface area contributed by atoms with Crippen LogP contribution in [0.2, 0.25) is 0 Å². The number of ether oxygens (including phenoxy) is 5. The molecule has 0 aliphatic carbocycles. The van der Waals surface area contributed by atoms with Gasteiger partial charge in [0.2, 0.25) is 0 Å². The minimum absolute atomic E-state index is 0. The van der Waals surface area contributed by atoms with Crippen LogP contribution < -0.4 is 34.7 Å². The Morgan fingerprint density at radius 2 is 1.89 bits per heavy atom. The summed E-state index contributed by atoms with van der Waals surface area (Å²) in [6.45, 7) is 7.19. The van der Waals surface area contributed by atoms with Crippen LogP contribution in [0.15, 0.2) is 46.4 Å². The van der Waals surface area contributed by atoms with Gasteiger partial charge in [-0.3, -0.25) is 0 Å². The molecule has 12 heteroatoms. The average Bonchev–Trinajstić information content (AvgIpc) is 3.37. The van der Waals surface area contributed by atoms with Crippen LogP contribution >= 0.6 is 0 Å². The van der Waals surface area contributed by atoms with Crippen molar-refractivity contribution < 1.29 is 76.7 Å². The molecule has 1 spiro atoms. The molecule has 0 saturated carbocycles. The Kier molecular flexibility index (Phi) is 7.75. The van der Waals surface area contributed by atoms with Gasteiger partial charge >= 0.3 is 41.5 Å². The van der Waals surface area contributed by atoms with Crippen LogP contribution in [-0.4, -0.2) is 62.2 Å². The van der Waals surface area contributed by atoms with Crippen LogP contribution in [0.4, 0.5) is 0 Å². The average molecular weight is 519 g/mol. The van der Waals surface area contributed by atoms with Crippen LogP contribution in [0.5, 0.6) is 0 Å². The zero-order valence-electron chi connectivity index (χ0n) is 20.5. The molecule has 0 radical (unpaired) electrons. The molecule has 1 fully saturated rings. The van der Waals surface area contributed by atoms with Gasteiger partial charge in [0.05, 0.1) is 17.6 Å². The standard InChI is InChI=1S/C23H28O10S.Na/c1-6-22(4)16(13-7-9-14(10-8-13)34(5,27)28)20(30-12(2)3)23(33-22)29-11-15(32-23)19-17(24)18(25)21(26)31-19;/h7-10,12,15,19,24-25H,6,11H2,1-5H3;/q;+1/p-1/t15?,19?,22-,23?;/m0./s1. The van der Waals surface area contributed by atoms with E-state index in [1.54, 1.807) is 12.1 Å². The van der Waals surface area contributed by atoms with Crippen LogP contribution in [0.1, 0.15) is 39.7 Å².